The largest absolute Gasteiger partial charge is 0.455 e. The number of hydrogen-bond donors (Lipinski definition) is 0. The molecule has 7 rings (SSSR count). The van der Waals surface area contributed by atoms with Crippen molar-refractivity contribution in [2.24, 2.45) is 50.2 Å². The number of carbonyl (C=O) groups excluding carboxylic acids is 2. The summed E-state index contributed by atoms with van der Waals surface area (Å²) in [6, 6.07) is 7.67. The molecular weight excluding hydrogens is 547 g/mol. The van der Waals surface area contributed by atoms with Gasteiger partial charge in [0, 0.05) is 21.8 Å². The fourth-order valence-electron chi connectivity index (χ4n) is 12.5. The summed E-state index contributed by atoms with van der Waals surface area (Å²) < 4.78 is 24.1. The van der Waals surface area contributed by atoms with Crippen molar-refractivity contribution in [1.82, 2.24) is 0 Å². The molecule has 0 N–H and O–H groups in total. The van der Waals surface area contributed by atoms with E-state index >= 15 is 4.39 Å². The number of alkyl halides is 1. The van der Waals surface area contributed by atoms with Crippen LogP contribution in [0.3, 0.4) is 0 Å². The second-order valence-electron chi connectivity index (χ2n) is 17.3. The molecule has 1 spiro atoms. The molecule has 2 bridgehead atoms. The number of rotatable bonds is 1. The Kier molecular flexibility index (Phi) is 5.89. The van der Waals surface area contributed by atoms with Gasteiger partial charge in [-0.05, 0) is 115 Å². The minimum Gasteiger partial charge on any atom is -0.455 e. The lowest BCUT2D eigenvalue weighted by molar-refractivity contribution is -0.299. The van der Waals surface area contributed by atoms with E-state index < -0.39 is 28.0 Å². The number of carbonyl (C=O) groups is 2. The van der Waals surface area contributed by atoms with Crippen LogP contribution < -0.4 is 0 Å². The Hall–Kier alpha value is -1.68. The van der Waals surface area contributed by atoms with Gasteiger partial charge in [-0.2, -0.15) is 0 Å². The van der Waals surface area contributed by atoms with Gasteiger partial charge in [0.15, 0.2) is 11.4 Å². The highest BCUT2D eigenvalue weighted by molar-refractivity contribution is 6.30. The minimum absolute atomic E-state index is 0.0686. The predicted octanol–water partition coefficient (Wildman–Crippen LogP) is 9.41. The summed E-state index contributed by atoms with van der Waals surface area (Å²) in [5.74, 6) is 0.265. The van der Waals surface area contributed by atoms with Crippen molar-refractivity contribution in [1.29, 1.82) is 0 Å². The van der Waals surface area contributed by atoms with Crippen molar-refractivity contribution in [3.05, 3.63) is 40.4 Å². The molecule has 228 valence electrons. The smallest absolute Gasteiger partial charge is 0.313 e. The Bertz CT molecular complexity index is 1410. The Morgan fingerprint density at radius 2 is 1.64 bits per heavy atom. The third-order valence-electron chi connectivity index (χ3n) is 14.8. The molecule has 6 fully saturated rings. The average Bonchev–Trinajstić information content (AvgIpc) is 3.08. The quantitative estimate of drug-likeness (QED) is 0.240. The van der Waals surface area contributed by atoms with E-state index in [2.05, 4.69) is 48.5 Å². The van der Waals surface area contributed by atoms with Gasteiger partial charge >= 0.3 is 5.97 Å². The molecule has 1 aromatic carbocycles. The summed E-state index contributed by atoms with van der Waals surface area (Å²) in [4.78, 5) is 27.9. The molecule has 1 aliphatic heterocycles. The van der Waals surface area contributed by atoms with Crippen LogP contribution in [0.4, 0.5) is 4.39 Å². The maximum Gasteiger partial charge on any atom is 0.313 e. The van der Waals surface area contributed by atoms with Gasteiger partial charge in [0.05, 0.1) is 5.41 Å². The Balaban J connectivity index is 1.35. The van der Waals surface area contributed by atoms with Crippen LogP contribution in [0.1, 0.15) is 112 Å². The summed E-state index contributed by atoms with van der Waals surface area (Å²) in [6.45, 7) is 15.9. The number of esters is 1. The first-order chi connectivity index (χ1) is 19.5. The normalized spacial score (nSPS) is 49.4. The molecular formula is C37H48ClFO3. The minimum atomic E-state index is -1.21. The van der Waals surface area contributed by atoms with Gasteiger partial charge < -0.3 is 4.74 Å². The van der Waals surface area contributed by atoms with Crippen LogP contribution in [0.15, 0.2) is 29.8 Å². The molecule has 0 radical (unpaired) electrons. The summed E-state index contributed by atoms with van der Waals surface area (Å²) in [6.07, 6.45) is 8.04. The second kappa shape index (κ2) is 8.52. The predicted molar refractivity (Wildman–Crippen MR) is 164 cm³/mol. The molecule has 42 heavy (non-hydrogen) atoms. The number of hydrogen-bond acceptors (Lipinski definition) is 3. The van der Waals surface area contributed by atoms with Crippen LogP contribution >= 0.6 is 11.6 Å². The van der Waals surface area contributed by atoms with Gasteiger partial charge in [-0.15, -0.1) is 0 Å². The second-order valence-corrected chi connectivity index (χ2v) is 17.8. The SMILES string of the molecule is CC1(C)CC[C@@]23CC[C@]4(C)[C@](OC2=O)([C@H](F)C[C@@H]2[C@@]5(C)C/C(=C\c6cccc(Cl)c6)C(=O)C(C)(C)[C@@H]5CC[C@]24C)[C@@H]3C1. The third-order valence-corrected chi connectivity index (χ3v) is 15.0. The van der Waals surface area contributed by atoms with Gasteiger partial charge in [0.2, 0.25) is 0 Å². The third kappa shape index (κ3) is 3.29. The van der Waals surface area contributed by atoms with Crippen molar-refractivity contribution in [2.45, 2.75) is 118 Å². The molecule has 9 atom stereocenters. The van der Waals surface area contributed by atoms with E-state index in [9.17, 15) is 9.59 Å². The highest BCUT2D eigenvalue weighted by Crippen LogP contribution is 2.81. The molecule has 5 heteroatoms. The van der Waals surface area contributed by atoms with E-state index in [0.29, 0.717) is 17.9 Å². The molecule has 5 aliphatic carbocycles. The highest BCUT2D eigenvalue weighted by atomic mass is 35.5. The van der Waals surface area contributed by atoms with E-state index in [4.69, 9.17) is 16.3 Å². The molecule has 5 saturated carbocycles. The first-order valence-corrected chi connectivity index (χ1v) is 16.7. The molecule has 0 aromatic heterocycles. The van der Waals surface area contributed by atoms with E-state index in [1.165, 1.54) is 0 Å². The van der Waals surface area contributed by atoms with Gasteiger partial charge in [-0.1, -0.05) is 72.2 Å². The highest BCUT2D eigenvalue weighted by Gasteiger charge is 2.84. The maximum atomic E-state index is 17.5. The number of benzene rings is 1. The van der Waals surface area contributed by atoms with Crippen molar-refractivity contribution in [3.8, 4) is 0 Å². The van der Waals surface area contributed by atoms with Crippen molar-refractivity contribution >= 4 is 29.4 Å². The number of ether oxygens (including phenoxy) is 1. The zero-order chi connectivity index (χ0) is 30.3. The van der Waals surface area contributed by atoms with E-state index in [0.717, 1.165) is 56.1 Å². The average molecular weight is 595 g/mol. The van der Waals surface area contributed by atoms with E-state index in [-0.39, 0.29) is 45.8 Å². The van der Waals surface area contributed by atoms with Crippen LogP contribution in [-0.2, 0) is 14.3 Å². The first-order valence-electron chi connectivity index (χ1n) is 16.4. The number of halogens is 2. The van der Waals surface area contributed by atoms with Crippen LogP contribution in [0.2, 0.25) is 5.02 Å². The van der Waals surface area contributed by atoms with Crippen LogP contribution in [-0.4, -0.2) is 23.5 Å². The standard InChI is InChI=1S/C37H48ClFO3/c1-31(2)13-15-36-16-14-35(7)34(6)12-11-25-32(3,4)29(40)23(17-22-9-8-10-24(38)18-22)20-33(25,5)26(34)19-28(39)37(35,27(36)21-31)42-30(36)41/h8-10,17-18,25-28H,11-16,19-21H2,1-7H3/b23-17+/t25-,26+,27+,28+,33-,34+,35-,36-,37+/m0/s1. The summed E-state index contributed by atoms with van der Waals surface area (Å²) in [5.41, 5.74) is -1.23. The lowest BCUT2D eigenvalue weighted by Crippen LogP contribution is -2.75. The van der Waals surface area contributed by atoms with Crippen molar-refractivity contribution in [3.63, 3.8) is 0 Å². The van der Waals surface area contributed by atoms with Crippen LogP contribution in [0.5, 0.6) is 0 Å². The number of ketones is 1. The van der Waals surface area contributed by atoms with Gasteiger partial charge in [-0.3, -0.25) is 9.59 Å². The van der Waals surface area contributed by atoms with Crippen molar-refractivity contribution < 1.29 is 18.7 Å². The molecule has 1 saturated heterocycles. The Morgan fingerprint density at radius 3 is 2.36 bits per heavy atom. The number of allylic oxidation sites excluding steroid dienone is 1. The lowest BCUT2D eigenvalue weighted by Gasteiger charge is -2.74. The molecule has 1 heterocycles. The summed E-state index contributed by atoms with van der Waals surface area (Å²) in [7, 11) is 0. The molecule has 3 nitrogen and oxygen atoms in total. The maximum absolute atomic E-state index is 17.5. The van der Waals surface area contributed by atoms with Crippen molar-refractivity contribution in [2.75, 3.05) is 0 Å². The monoisotopic (exact) mass is 594 g/mol. The lowest BCUT2D eigenvalue weighted by atomic mass is 9.30. The molecule has 6 aliphatic rings. The van der Waals surface area contributed by atoms with E-state index in [1.54, 1.807) is 0 Å². The summed E-state index contributed by atoms with van der Waals surface area (Å²) in [5, 5.41) is 0.650. The zero-order valence-corrected chi connectivity index (χ0v) is 27.3. The Morgan fingerprint density at radius 1 is 0.929 bits per heavy atom. The fraction of sp³-hybridized carbons (Fsp3) is 0.730. The van der Waals surface area contributed by atoms with Gasteiger partial charge in [-0.25, -0.2) is 4.39 Å². The molecule has 0 amide bonds. The van der Waals surface area contributed by atoms with Crippen LogP contribution in [0.25, 0.3) is 6.08 Å². The molecule has 1 aromatic rings. The fourth-order valence-corrected chi connectivity index (χ4v) is 12.7. The topological polar surface area (TPSA) is 43.4 Å². The van der Waals surface area contributed by atoms with Crippen LogP contribution in [0, 0.1) is 50.2 Å². The van der Waals surface area contributed by atoms with Gasteiger partial charge in [0.1, 0.15) is 6.17 Å². The summed E-state index contributed by atoms with van der Waals surface area (Å²) >= 11 is 6.31. The zero-order valence-electron chi connectivity index (χ0n) is 26.5. The number of fused-ring (bicyclic) bond motifs is 4. The number of Topliss-reactive ketones (excluding diaryl/α,β-unsaturated/α-hetero) is 1. The van der Waals surface area contributed by atoms with Gasteiger partial charge in [0.25, 0.3) is 0 Å². The Labute approximate surface area is 256 Å². The molecule has 0 unspecified atom stereocenters. The van der Waals surface area contributed by atoms with E-state index in [1.807, 2.05) is 30.3 Å². The first kappa shape index (κ1) is 29.1.